The second-order valence-electron chi connectivity index (χ2n) is 12.0. The van der Waals surface area contributed by atoms with Crippen LogP contribution in [0.2, 0.25) is 0 Å². The third-order valence-electron chi connectivity index (χ3n) is 7.50. The summed E-state index contributed by atoms with van der Waals surface area (Å²) in [6.07, 6.45) is 1.82. The maximum Gasteiger partial charge on any atom is 0.407 e. The molecule has 0 spiro atoms. The van der Waals surface area contributed by atoms with Crippen molar-refractivity contribution in [3.63, 3.8) is 0 Å². The molecule has 228 valence electrons. The summed E-state index contributed by atoms with van der Waals surface area (Å²) in [5, 5.41) is 12.2. The molecular formula is C35H44N4O4. The zero-order chi connectivity index (χ0) is 30.7. The highest BCUT2D eigenvalue weighted by Crippen LogP contribution is 2.24. The van der Waals surface area contributed by atoms with Gasteiger partial charge in [0.05, 0.1) is 6.04 Å². The predicted octanol–water partition coefficient (Wildman–Crippen LogP) is 4.83. The Hall–Kier alpha value is -4.17. The maximum atomic E-state index is 13.6. The lowest BCUT2D eigenvalue weighted by molar-refractivity contribution is -0.130. The van der Waals surface area contributed by atoms with Crippen LogP contribution < -0.4 is 21.3 Å². The van der Waals surface area contributed by atoms with Gasteiger partial charge >= 0.3 is 6.09 Å². The van der Waals surface area contributed by atoms with Gasteiger partial charge in [-0.15, -0.1) is 0 Å². The minimum atomic E-state index is -0.708. The number of carbonyl (C=O) groups is 3. The van der Waals surface area contributed by atoms with E-state index in [9.17, 15) is 14.4 Å². The first-order valence-corrected chi connectivity index (χ1v) is 15.1. The first-order valence-electron chi connectivity index (χ1n) is 15.1. The van der Waals surface area contributed by atoms with E-state index in [4.69, 9.17) is 4.74 Å². The van der Waals surface area contributed by atoms with Gasteiger partial charge in [0, 0.05) is 25.6 Å². The van der Waals surface area contributed by atoms with Crippen LogP contribution in [0, 0.1) is 0 Å². The molecule has 43 heavy (non-hydrogen) atoms. The fraction of sp³-hybridized carbons (Fsp3) is 0.400. The van der Waals surface area contributed by atoms with Crippen LogP contribution in [0.4, 0.5) is 4.79 Å². The number of nitrogens with one attached hydrogen (secondary N) is 4. The molecule has 0 bridgehead atoms. The molecule has 0 saturated carbocycles. The number of fused-ring (bicyclic) bond motifs is 1. The van der Waals surface area contributed by atoms with Crippen molar-refractivity contribution in [3.8, 4) is 0 Å². The van der Waals surface area contributed by atoms with Gasteiger partial charge in [-0.1, -0.05) is 84.9 Å². The lowest BCUT2D eigenvalue weighted by atomic mass is 9.91. The van der Waals surface area contributed by atoms with E-state index in [1.54, 1.807) is 0 Å². The number of hydrogen-bond donors (Lipinski definition) is 4. The van der Waals surface area contributed by atoms with Crippen molar-refractivity contribution in [1.82, 2.24) is 21.3 Å². The van der Waals surface area contributed by atoms with E-state index >= 15 is 0 Å². The minimum absolute atomic E-state index is 0.0303. The van der Waals surface area contributed by atoms with Crippen molar-refractivity contribution < 1.29 is 19.1 Å². The van der Waals surface area contributed by atoms with E-state index in [0.29, 0.717) is 45.3 Å². The zero-order valence-corrected chi connectivity index (χ0v) is 25.4. The summed E-state index contributed by atoms with van der Waals surface area (Å²) in [7, 11) is 0. The molecule has 0 aromatic heterocycles. The highest BCUT2D eigenvalue weighted by Gasteiger charge is 2.28. The molecule has 1 heterocycles. The molecular weight excluding hydrogens is 540 g/mol. The largest absolute Gasteiger partial charge is 0.444 e. The van der Waals surface area contributed by atoms with E-state index in [-0.39, 0.29) is 17.7 Å². The Bertz CT molecular complexity index is 1300. The van der Waals surface area contributed by atoms with Crippen LogP contribution in [-0.4, -0.2) is 48.7 Å². The first kappa shape index (κ1) is 31.8. The standard InChI is InChI=1S/C35H44N4O4/c1-35(2,3)43-34(42)36-21-13-12-20-30(39-33(41)31-22-27-18-10-11-19-28(27)23-37-31)32(40)38-24-29(25-14-6-4-7-15-25)26-16-8-5-9-17-26/h4-11,14-19,29-31,37H,12-13,20-24H2,1-3H3,(H,36,42)(H,38,40)(H,39,41)/t30-,31+/m1/s1. The Kier molecular flexibility index (Phi) is 11.3. The monoisotopic (exact) mass is 584 g/mol. The number of benzene rings is 3. The number of unbranched alkanes of at least 4 members (excludes halogenated alkanes) is 1. The molecule has 3 aromatic carbocycles. The average Bonchev–Trinajstić information content (AvgIpc) is 3.00. The Balaban J connectivity index is 1.39. The van der Waals surface area contributed by atoms with E-state index < -0.39 is 23.8 Å². The van der Waals surface area contributed by atoms with Crippen molar-refractivity contribution in [2.24, 2.45) is 0 Å². The van der Waals surface area contributed by atoms with Crippen molar-refractivity contribution >= 4 is 17.9 Å². The first-order chi connectivity index (χ1) is 20.7. The highest BCUT2D eigenvalue weighted by atomic mass is 16.6. The zero-order valence-electron chi connectivity index (χ0n) is 25.4. The number of ether oxygens (including phenoxy) is 1. The minimum Gasteiger partial charge on any atom is -0.444 e. The summed E-state index contributed by atoms with van der Waals surface area (Å²) in [5.74, 6) is -0.442. The molecule has 4 N–H and O–H groups in total. The Morgan fingerprint density at radius 2 is 1.44 bits per heavy atom. The molecule has 2 atom stereocenters. The SMILES string of the molecule is CC(C)(C)OC(=O)NCCCC[C@@H](NC(=O)[C@@H]1Cc2ccccc2CN1)C(=O)NCC(c1ccccc1)c1ccccc1. The molecule has 0 radical (unpaired) electrons. The number of hydrogen-bond acceptors (Lipinski definition) is 5. The van der Waals surface area contributed by atoms with Gasteiger partial charge in [0.15, 0.2) is 0 Å². The summed E-state index contributed by atoms with van der Waals surface area (Å²) < 4.78 is 5.30. The second kappa shape index (κ2) is 15.3. The van der Waals surface area contributed by atoms with E-state index in [1.807, 2.05) is 75.4 Å². The van der Waals surface area contributed by atoms with Crippen molar-refractivity contribution in [2.45, 2.75) is 76.6 Å². The normalized spacial score (nSPS) is 15.2. The van der Waals surface area contributed by atoms with Crippen LogP contribution in [0.3, 0.4) is 0 Å². The van der Waals surface area contributed by atoms with Crippen LogP contribution >= 0.6 is 0 Å². The molecule has 0 fully saturated rings. The Labute approximate surface area is 255 Å². The number of rotatable bonds is 12. The quantitative estimate of drug-likeness (QED) is 0.228. The molecule has 1 aliphatic rings. The fourth-order valence-electron chi connectivity index (χ4n) is 5.28. The van der Waals surface area contributed by atoms with Crippen LogP contribution in [0.5, 0.6) is 0 Å². The predicted molar refractivity (Wildman–Crippen MR) is 169 cm³/mol. The average molecular weight is 585 g/mol. The summed E-state index contributed by atoms with van der Waals surface area (Å²) in [6.45, 7) is 6.88. The molecule has 3 amide bonds. The van der Waals surface area contributed by atoms with E-state index in [0.717, 1.165) is 16.7 Å². The van der Waals surface area contributed by atoms with Gasteiger partial charge in [-0.05, 0) is 68.7 Å². The second-order valence-corrected chi connectivity index (χ2v) is 12.0. The van der Waals surface area contributed by atoms with Gasteiger partial charge in [0.1, 0.15) is 11.6 Å². The van der Waals surface area contributed by atoms with Gasteiger partial charge in [0.25, 0.3) is 0 Å². The molecule has 3 aromatic rings. The van der Waals surface area contributed by atoms with Gasteiger partial charge in [0.2, 0.25) is 11.8 Å². The van der Waals surface area contributed by atoms with Crippen LogP contribution in [0.1, 0.15) is 68.2 Å². The van der Waals surface area contributed by atoms with Gasteiger partial charge in [-0.2, -0.15) is 0 Å². The van der Waals surface area contributed by atoms with Crippen molar-refractivity contribution in [3.05, 3.63) is 107 Å². The fourth-order valence-corrected chi connectivity index (χ4v) is 5.28. The molecule has 4 rings (SSSR count). The van der Waals surface area contributed by atoms with E-state index in [2.05, 4.69) is 51.6 Å². The van der Waals surface area contributed by atoms with Gasteiger partial charge in [-0.25, -0.2) is 4.79 Å². The summed E-state index contributed by atoms with van der Waals surface area (Å²) >= 11 is 0. The molecule has 8 nitrogen and oxygen atoms in total. The molecule has 0 unspecified atom stereocenters. The lowest BCUT2D eigenvalue weighted by Crippen LogP contribution is -2.54. The third-order valence-corrected chi connectivity index (χ3v) is 7.50. The topological polar surface area (TPSA) is 109 Å². The molecule has 8 heteroatoms. The highest BCUT2D eigenvalue weighted by molar-refractivity contribution is 5.90. The van der Waals surface area contributed by atoms with Gasteiger partial charge < -0.3 is 26.0 Å². The number of carbonyl (C=O) groups excluding carboxylic acids is 3. The molecule has 0 aliphatic carbocycles. The molecule has 0 saturated heterocycles. The number of amides is 3. The van der Waals surface area contributed by atoms with Crippen molar-refractivity contribution in [1.29, 1.82) is 0 Å². The summed E-state index contributed by atoms with van der Waals surface area (Å²) in [4.78, 5) is 39.0. The summed E-state index contributed by atoms with van der Waals surface area (Å²) in [5.41, 5.74) is 3.97. The maximum absolute atomic E-state index is 13.6. The third kappa shape index (κ3) is 9.96. The van der Waals surface area contributed by atoms with Gasteiger partial charge in [-0.3, -0.25) is 9.59 Å². The van der Waals surface area contributed by atoms with E-state index in [1.165, 1.54) is 5.56 Å². The van der Waals surface area contributed by atoms with Crippen LogP contribution in [0.15, 0.2) is 84.9 Å². The summed E-state index contributed by atoms with van der Waals surface area (Å²) in [6, 6.07) is 27.2. The molecule has 1 aliphatic heterocycles. The Morgan fingerprint density at radius 1 is 0.837 bits per heavy atom. The number of alkyl carbamates (subject to hydrolysis) is 1. The van der Waals surface area contributed by atoms with Crippen molar-refractivity contribution in [2.75, 3.05) is 13.1 Å². The van der Waals surface area contributed by atoms with Crippen LogP contribution in [-0.2, 0) is 27.3 Å². The lowest BCUT2D eigenvalue weighted by Gasteiger charge is -2.28. The Morgan fingerprint density at radius 3 is 2.07 bits per heavy atom. The smallest absolute Gasteiger partial charge is 0.407 e. The van der Waals surface area contributed by atoms with Crippen LogP contribution in [0.25, 0.3) is 0 Å².